The van der Waals surface area contributed by atoms with E-state index in [9.17, 15) is 18.0 Å². The van der Waals surface area contributed by atoms with Gasteiger partial charge in [0.1, 0.15) is 5.75 Å². The van der Waals surface area contributed by atoms with E-state index in [-0.39, 0.29) is 24.1 Å². The Morgan fingerprint density at radius 3 is 2.41 bits per heavy atom. The van der Waals surface area contributed by atoms with E-state index in [2.05, 4.69) is 20.2 Å². The Balaban J connectivity index is 1.44. The summed E-state index contributed by atoms with van der Waals surface area (Å²) in [5, 5.41) is 6.62. The number of hydrogen-bond donors (Lipinski definition) is 1. The maximum absolute atomic E-state index is 12.2. The molecule has 0 spiro atoms. The lowest BCUT2D eigenvalue weighted by atomic mass is 10.2. The molecular weight excluding hydrogens is 391 g/mol. The third-order valence-corrected chi connectivity index (χ3v) is 4.33. The standard InChI is InChI=1S/C18H22F3N5O3/c1-12(2)16-23-17(29-24-16)26-9-7-25(8-10-26)11-15(27)22-13-3-5-14(6-4-13)28-18(19,20)21/h3-6,12H,7-11H2,1-2H3,(H,22,27). The van der Waals surface area contributed by atoms with Gasteiger partial charge in [-0.3, -0.25) is 9.69 Å². The molecule has 11 heteroatoms. The summed E-state index contributed by atoms with van der Waals surface area (Å²) in [5.41, 5.74) is 0.398. The van der Waals surface area contributed by atoms with Gasteiger partial charge in [-0.25, -0.2) is 0 Å². The molecule has 1 aromatic heterocycles. The number of hydrogen-bond acceptors (Lipinski definition) is 7. The number of nitrogens with one attached hydrogen (secondary N) is 1. The topological polar surface area (TPSA) is 83.7 Å². The van der Waals surface area contributed by atoms with Gasteiger partial charge >= 0.3 is 12.4 Å². The molecule has 1 aliphatic rings. The molecule has 0 unspecified atom stereocenters. The third kappa shape index (κ3) is 6.08. The molecule has 0 bridgehead atoms. The number of nitrogens with zero attached hydrogens (tertiary/aromatic N) is 4. The summed E-state index contributed by atoms with van der Waals surface area (Å²) in [6.07, 6.45) is -4.75. The number of halogens is 3. The Bertz CT molecular complexity index is 815. The zero-order valence-corrected chi connectivity index (χ0v) is 16.1. The lowest BCUT2D eigenvalue weighted by Crippen LogP contribution is -2.48. The lowest BCUT2D eigenvalue weighted by Gasteiger charge is -2.32. The van der Waals surface area contributed by atoms with E-state index in [1.807, 2.05) is 23.6 Å². The quantitative estimate of drug-likeness (QED) is 0.780. The first-order valence-electron chi connectivity index (χ1n) is 9.16. The van der Waals surface area contributed by atoms with Gasteiger partial charge in [0.05, 0.1) is 6.54 Å². The Morgan fingerprint density at radius 2 is 1.86 bits per heavy atom. The van der Waals surface area contributed by atoms with Crippen LogP contribution in [0.5, 0.6) is 5.75 Å². The number of alkyl halides is 3. The minimum atomic E-state index is -4.75. The summed E-state index contributed by atoms with van der Waals surface area (Å²) < 4.78 is 45.6. The van der Waals surface area contributed by atoms with Crippen LogP contribution < -0.4 is 15.0 Å². The maximum Gasteiger partial charge on any atom is 0.573 e. The number of benzene rings is 1. The summed E-state index contributed by atoms with van der Waals surface area (Å²) in [4.78, 5) is 20.5. The van der Waals surface area contributed by atoms with Crippen LogP contribution >= 0.6 is 0 Å². The van der Waals surface area contributed by atoms with Gasteiger partial charge < -0.3 is 19.5 Å². The number of aromatic nitrogens is 2. The Labute approximate surface area is 165 Å². The first-order valence-corrected chi connectivity index (χ1v) is 9.16. The fourth-order valence-corrected chi connectivity index (χ4v) is 2.83. The molecule has 158 valence electrons. The molecular formula is C18H22F3N5O3. The van der Waals surface area contributed by atoms with Crippen molar-refractivity contribution in [2.24, 2.45) is 0 Å². The van der Waals surface area contributed by atoms with Crippen LogP contribution in [0.25, 0.3) is 0 Å². The van der Waals surface area contributed by atoms with E-state index in [1.165, 1.54) is 12.1 Å². The molecule has 2 heterocycles. The van der Waals surface area contributed by atoms with Crippen molar-refractivity contribution in [1.29, 1.82) is 0 Å². The maximum atomic E-state index is 12.2. The summed E-state index contributed by atoms with van der Waals surface area (Å²) >= 11 is 0. The molecule has 1 N–H and O–H groups in total. The van der Waals surface area contributed by atoms with Crippen LogP contribution in [0.2, 0.25) is 0 Å². The van der Waals surface area contributed by atoms with Crippen LogP contribution in [-0.4, -0.2) is 60.0 Å². The van der Waals surface area contributed by atoms with Gasteiger partial charge in [-0.2, -0.15) is 4.98 Å². The third-order valence-electron chi connectivity index (χ3n) is 4.33. The van der Waals surface area contributed by atoms with Crippen LogP contribution in [-0.2, 0) is 4.79 Å². The summed E-state index contributed by atoms with van der Waals surface area (Å²) in [6, 6.07) is 5.51. The molecule has 0 radical (unpaired) electrons. The van der Waals surface area contributed by atoms with Gasteiger partial charge in [-0.15, -0.1) is 13.2 Å². The average Bonchev–Trinajstić information content (AvgIpc) is 3.13. The molecule has 29 heavy (non-hydrogen) atoms. The van der Waals surface area contributed by atoms with E-state index in [0.29, 0.717) is 43.7 Å². The van der Waals surface area contributed by atoms with Gasteiger partial charge in [0.25, 0.3) is 0 Å². The van der Waals surface area contributed by atoms with E-state index >= 15 is 0 Å². The number of carbonyl (C=O) groups excluding carboxylic acids is 1. The van der Waals surface area contributed by atoms with Gasteiger partial charge in [-0.1, -0.05) is 19.0 Å². The molecule has 1 fully saturated rings. The van der Waals surface area contributed by atoms with Crippen molar-refractivity contribution in [1.82, 2.24) is 15.0 Å². The predicted octanol–water partition coefficient (Wildman–Crippen LogP) is 2.85. The molecule has 1 aliphatic heterocycles. The molecule has 0 aliphatic carbocycles. The summed E-state index contributed by atoms with van der Waals surface area (Å²) in [6.45, 7) is 6.74. The van der Waals surface area contributed by atoms with Crippen molar-refractivity contribution in [3.05, 3.63) is 30.1 Å². The number of piperazine rings is 1. The summed E-state index contributed by atoms with van der Waals surface area (Å²) in [7, 11) is 0. The zero-order valence-electron chi connectivity index (χ0n) is 16.1. The first kappa shape index (κ1) is 20.9. The minimum Gasteiger partial charge on any atom is -0.406 e. The molecule has 1 aromatic carbocycles. The molecule has 0 saturated carbocycles. The van der Waals surface area contributed by atoms with E-state index in [1.54, 1.807) is 0 Å². The van der Waals surface area contributed by atoms with Crippen LogP contribution in [0.1, 0.15) is 25.6 Å². The van der Waals surface area contributed by atoms with Crippen LogP contribution in [0.4, 0.5) is 24.9 Å². The fraction of sp³-hybridized carbons (Fsp3) is 0.500. The number of carbonyl (C=O) groups is 1. The van der Waals surface area contributed by atoms with Crippen molar-refractivity contribution in [2.75, 3.05) is 42.9 Å². The smallest absolute Gasteiger partial charge is 0.406 e. The largest absolute Gasteiger partial charge is 0.573 e. The molecule has 0 atom stereocenters. The Morgan fingerprint density at radius 1 is 1.21 bits per heavy atom. The van der Waals surface area contributed by atoms with E-state index < -0.39 is 6.36 Å². The molecule has 3 rings (SSSR count). The predicted molar refractivity (Wildman–Crippen MR) is 98.8 cm³/mol. The van der Waals surface area contributed by atoms with Gasteiger partial charge in [0.2, 0.25) is 5.91 Å². The van der Waals surface area contributed by atoms with E-state index in [4.69, 9.17) is 4.52 Å². The molecule has 2 aromatic rings. The number of ether oxygens (including phenoxy) is 1. The second-order valence-corrected chi connectivity index (χ2v) is 6.97. The van der Waals surface area contributed by atoms with Crippen LogP contribution in [0.3, 0.4) is 0 Å². The number of rotatable bonds is 6. The minimum absolute atomic E-state index is 0.176. The van der Waals surface area contributed by atoms with Crippen LogP contribution in [0.15, 0.2) is 28.8 Å². The van der Waals surface area contributed by atoms with E-state index in [0.717, 1.165) is 12.1 Å². The Kier molecular flexibility index (Phi) is 6.26. The van der Waals surface area contributed by atoms with Gasteiger partial charge in [0.15, 0.2) is 5.82 Å². The van der Waals surface area contributed by atoms with Crippen LogP contribution in [0, 0.1) is 0 Å². The van der Waals surface area contributed by atoms with Gasteiger partial charge in [-0.05, 0) is 24.3 Å². The molecule has 1 amide bonds. The van der Waals surface area contributed by atoms with Crippen molar-refractivity contribution in [3.63, 3.8) is 0 Å². The highest BCUT2D eigenvalue weighted by Gasteiger charge is 2.31. The highest BCUT2D eigenvalue weighted by Crippen LogP contribution is 2.24. The average molecular weight is 413 g/mol. The van der Waals surface area contributed by atoms with Crippen molar-refractivity contribution in [3.8, 4) is 5.75 Å². The molecule has 8 nitrogen and oxygen atoms in total. The van der Waals surface area contributed by atoms with Crippen molar-refractivity contribution < 1.29 is 27.2 Å². The highest BCUT2D eigenvalue weighted by molar-refractivity contribution is 5.92. The second kappa shape index (κ2) is 8.68. The lowest BCUT2D eigenvalue weighted by molar-refractivity contribution is -0.274. The fourth-order valence-electron chi connectivity index (χ4n) is 2.83. The normalized spacial score (nSPS) is 15.6. The SMILES string of the molecule is CC(C)c1noc(N2CCN(CC(=O)Nc3ccc(OC(F)(F)F)cc3)CC2)n1. The summed E-state index contributed by atoms with van der Waals surface area (Å²) in [5.74, 6) is 0.260. The zero-order chi connectivity index (χ0) is 21.0. The van der Waals surface area contributed by atoms with Gasteiger partial charge in [0, 0.05) is 37.8 Å². The monoisotopic (exact) mass is 413 g/mol. The second-order valence-electron chi connectivity index (χ2n) is 6.97. The first-order chi connectivity index (χ1) is 13.7. The Hall–Kier alpha value is -2.82. The number of anilines is 2. The number of amides is 1. The highest BCUT2D eigenvalue weighted by atomic mass is 19.4. The molecule has 1 saturated heterocycles. The van der Waals surface area contributed by atoms with Crippen molar-refractivity contribution >= 4 is 17.6 Å². The van der Waals surface area contributed by atoms with Crippen molar-refractivity contribution in [2.45, 2.75) is 26.1 Å².